The Bertz CT molecular complexity index is 490. The zero-order valence-corrected chi connectivity index (χ0v) is 11.1. The molecule has 0 fully saturated rings. The quantitative estimate of drug-likeness (QED) is 0.897. The number of aromatic nitrogens is 2. The monoisotopic (exact) mass is 244 g/mol. The minimum atomic E-state index is -0.456. The number of aliphatic hydroxyl groups excluding tert-OH is 1. The maximum absolute atomic E-state index is 10.3. The number of rotatable bonds is 4. The fraction of sp³-hybridized carbons (Fsp3) is 0.400. The third kappa shape index (κ3) is 2.62. The van der Waals surface area contributed by atoms with E-state index in [4.69, 9.17) is 0 Å². The topological polar surface area (TPSA) is 38.1 Å². The lowest BCUT2D eigenvalue weighted by Gasteiger charge is -2.20. The second-order valence-corrected chi connectivity index (χ2v) is 5.10. The first kappa shape index (κ1) is 12.8. The molecule has 0 bridgehead atoms. The molecule has 2 rings (SSSR count). The van der Waals surface area contributed by atoms with Gasteiger partial charge in [-0.2, -0.15) is 5.10 Å². The summed E-state index contributed by atoms with van der Waals surface area (Å²) >= 11 is 0. The van der Waals surface area contributed by atoms with Crippen LogP contribution in [0.25, 0.3) is 5.69 Å². The highest BCUT2D eigenvalue weighted by Gasteiger charge is 2.20. The van der Waals surface area contributed by atoms with Crippen molar-refractivity contribution in [3.8, 4) is 5.69 Å². The van der Waals surface area contributed by atoms with Gasteiger partial charge in [0, 0.05) is 11.8 Å². The van der Waals surface area contributed by atoms with Crippen LogP contribution < -0.4 is 0 Å². The van der Waals surface area contributed by atoms with Gasteiger partial charge in [0.1, 0.15) is 0 Å². The van der Waals surface area contributed by atoms with E-state index in [0.717, 1.165) is 11.3 Å². The van der Waals surface area contributed by atoms with Crippen LogP contribution in [0.5, 0.6) is 0 Å². The van der Waals surface area contributed by atoms with E-state index >= 15 is 0 Å². The lowest BCUT2D eigenvalue weighted by molar-refractivity contribution is 0.0921. The summed E-state index contributed by atoms with van der Waals surface area (Å²) < 4.78 is 1.80. The molecule has 96 valence electrons. The van der Waals surface area contributed by atoms with Crippen molar-refractivity contribution in [3.05, 3.63) is 48.3 Å². The molecule has 0 aliphatic carbocycles. The van der Waals surface area contributed by atoms with Crippen LogP contribution >= 0.6 is 0 Å². The van der Waals surface area contributed by atoms with Gasteiger partial charge in [0.15, 0.2) is 0 Å². The van der Waals surface area contributed by atoms with Crippen LogP contribution in [0.3, 0.4) is 0 Å². The summed E-state index contributed by atoms with van der Waals surface area (Å²) in [5.74, 6) is 0.665. The van der Waals surface area contributed by atoms with Gasteiger partial charge in [0.05, 0.1) is 18.0 Å². The van der Waals surface area contributed by atoms with Crippen molar-refractivity contribution in [1.82, 2.24) is 9.78 Å². The van der Waals surface area contributed by atoms with E-state index < -0.39 is 6.10 Å². The van der Waals surface area contributed by atoms with Crippen molar-refractivity contribution in [1.29, 1.82) is 0 Å². The standard InChI is InChI=1S/C15H20N2O/c1-11(2)12(3)15(18)13-9-16-17(10-13)14-7-5-4-6-8-14/h4-12,15,18H,1-3H3. The molecule has 2 unspecified atom stereocenters. The van der Waals surface area contributed by atoms with Crippen LogP contribution in [0.15, 0.2) is 42.7 Å². The zero-order valence-electron chi connectivity index (χ0n) is 11.1. The molecule has 0 saturated carbocycles. The third-order valence-electron chi connectivity index (χ3n) is 3.51. The van der Waals surface area contributed by atoms with Crippen molar-refractivity contribution < 1.29 is 5.11 Å². The van der Waals surface area contributed by atoms with Crippen LogP contribution in [0.4, 0.5) is 0 Å². The van der Waals surface area contributed by atoms with Gasteiger partial charge in [-0.25, -0.2) is 4.68 Å². The summed E-state index contributed by atoms with van der Waals surface area (Å²) in [6.45, 7) is 6.31. The molecule has 1 aromatic carbocycles. The third-order valence-corrected chi connectivity index (χ3v) is 3.51. The minimum absolute atomic E-state index is 0.221. The Morgan fingerprint density at radius 1 is 1.11 bits per heavy atom. The van der Waals surface area contributed by atoms with E-state index in [1.807, 2.05) is 36.5 Å². The van der Waals surface area contributed by atoms with Crippen LogP contribution in [0.2, 0.25) is 0 Å². The van der Waals surface area contributed by atoms with Crippen molar-refractivity contribution in [2.75, 3.05) is 0 Å². The molecular formula is C15H20N2O. The molecule has 0 amide bonds. The molecule has 18 heavy (non-hydrogen) atoms. The molecule has 1 aromatic heterocycles. The Kier molecular flexibility index (Phi) is 3.82. The summed E-state index contributed by atoms with van der Waals surface area (Å²) in [5.41, 5.74) is 1.88. The van der Waals surface area contributed by atoms with Gasteiger partial charge >= 0.3 is 0 Å². The highest BCUT2D eigenvalue weighted by molar-refractivity contribution is 5.31. The molecule has 3 nitrogen and oxygen atoms in total. The summed E-state index contributed by atoms with van der Waals surface area (Å²) in [4.78, 5) is 0. The first-order valence-corrected chi connectivity index (χ1v) is 6.37. The van der Waals surface area contributed by atoms with Crippen LogP contribution in [-0.4, -0.2) is 14.9 Å². The van der Waals surface area contributed by atoms with Gasteiger partial charge in [-0.3, -0.25) is 0 Å². The fourth-order valence-electron chi connectivity index (χ4n) is 1.88. The highest BCUT2D eigenvalue weighted by atomic mass is 16.3. The Morgan fingerprint density at radius 2 is 1.78 bits per heavy atom. The first-order chi connectivity index (χ1) is 8.59. The Morgan fingerprint density at radius 3 is 2.39 bits per heavy atom. The van der Waals surface area contributed by atoms with Crippen molar-refractivity contribution in [2.45, 2.75) is 26.9 Å². The number of hydrogen-bond donors (Lipinski definition) is 1. The molecule has 0 aliphatic heterocycles. The molecule has 0 radical (unpaired) electrons. The lowest BCUT2D eigenvalue weighted by atomic mass is 9.89. The molecule has 0 spiro atoms. The normalized spacial score (nSPS) is 14.7. The molecule has 2 atom stereocenters. The maximum atomic E-state index is 10.3. The lowest BCUT2D eigenvalue weighted by Crippen LogP contribution is -2.14. The number of aliphatic hydroxyl groups is 1. The van der Waals surface area contributed by atoms with Crippen LogP contribution in [0, 0.1) is 11.8 Å². The van der Waals surface area contributed by atoms with E-state index in [2.05, 4.69) is 25.9 Å². The van der Waals surface area contributed by atoms with E-state index in [0.29, 0.717) is 5.92 Å². The van der Waals surface area contributed by atoms with Gasteiger partial charge in [-0.15, -0.1) is 0 Å². The predicted octanol–water partition coefficient (Wildman–Crippen LogP) is 3.20. The average molecular weight is 244 g/mol. The van der Waals surface area contributed by atoms with Crippen molar-refractivity contribution in [2.24, 2.45) is 11.8 Å². The average Bonchev–Trinajstić information content (AvgIpc) is 2.87. The summed E-state index contributed by atoms with van der Waals surface area (Å²) in [6, 6.07) is 9.92. The summed E-state index contributed by atoms with van der Waals surface area (Å²) in [6.07, 6.45) is 3.19. The fourth-order valence-corrected chi connectivity index (χ4v) is 1.88. The Balaban J connectivity index is 2.21. The van der Waals surface area contributed by atoms with Gasteiger partial charge in [0.25, 0.3) is 0 Å². The summed E-state index contributed by atoms with van der Waals surface area (Å²) in [5, 5.41) is 14.6. The zero-order chi connectivity index (χ0) is 13.1. The minimum Gasteiger partial charge on any atom is -0.388 e. The maximum Gasteiger partial charge on any atom is 0.0848 e. The molecule has 1 heterocycles. The van der Waals surface area contributed by atoms with Crippen molar-refractivity contribution >= 4 is 0 Å². The molecule has 2 aromatic rings. The highest BCUT2D eigenvalue weighted by Crippen LogP contribution is 2.27. The molecule has 1 N–H and O–H groups in total. The Hall–Kier alpha value is -1.61. The summed E-state index contributed by atoms with van der Waals surface area (Å²) in [7, 11) is 0. The van der Waals surface area contributed by atoms with E-state index in [1.165, 1.54) is 0 Å². The second kappa shape index (κ2) is 5.36. The van der Waals surface area contributed by atoms with E-state index in [9.17, 15) is 5.11 Å². The predicted molar refractivity (Wildman–Crippen MR) is 72.5 cm³/mol. The number of nitrogens with zero attached hydrogens (tertiary/aromatic N) is 2. The second-order valence-electron chi connectivity index (χ2n) is 5.10. The Labute approximate surface area is 108 Å². The van der Waals surface area contributed by atoms with Gasteiger partial charge in [-0.05, 0) is 24.0 Å². The van der Waals surface area contributed by atoms with E-state index in [1.54, 1.807) is 10.9 Å². The largest absolute Gasteiger partial charge is 0.388 e. The molecule has 0 saturated heterocycles. The molecule has 0 aliphatic rings. The number of benzene rings is 1. The SMILES string of the molecule is CC(C)C(C)C(O)c1cnn(-c2ccccc2)c1. The van der Waals surface area contributed by atoms with Gasteiger partial charge in [0.2, 0.25) is 0 Å². The first-order valence-electron chi connectivity index (χ1n) is 6.37. The van der Waals surface area contributed by atoms with Gasteiger partial charge < -0.3 is 5.11 Å². The van der Waals surface area contributed by atoms with Crippen LogP contribution in [0.1, 0.15) is 32.4 Å². The van der Waals surface area contributed by atoms with Crippen molar-refractivity contribution in [3.63, 3.8) is 0 Å². The van der Waals surface area contributed by atoms with E-state index in [-0.39, 0.29) is 5.92 Å². The van der Waals surface area contributed by atoms with Gasteiger partial charge in [-0.1, -0.05) is 39.0 Å². The smallest absolute Gasteiger partial charge is 0.0848 e. The number of para-hydroxylation sites is 1. The molecular weight excluding hydrogens is 224 g/mol. The number of hydrogen-bond acceptors (Lipinski definition) is 2. The van der Waals surface area contributed by atoms with Crippen LogP contribution in [-0.2, 0) is 0 Å². The molecule has 3 heteroatoms.